The molecule has 5 nitrogen and oxygen atoms in total. The number of rotatable bonds is 3. The van der Waals surface area contributed by atoms with Gasteiger partial charge in [0.1, 0.15) is 0 Å². The molecule has 1 aliphatic heterocycles. The molecular formula is C13H20N4O. The first-order chi connectivity index (χ1) is 8.70. The van der Waals surface area contributed by atoms with E-state index in [9.17, 15) is 4.79 Å². The second-order valence-corrected chi connectivity index (χ2v) is 4.53. The lowest BCUT2D eigenvalue weighted by Crippen LogP contribution is -2.48. The summed E-state index contributed by atoms with van der Waals surface area (Å²) in [6.45, 7) is 5.78. The Balaban J connectivity index is 1.95. The van der Waals surface area contributed by atoms with E-state index < -0.39 is 0 Å². The highest BCUT2D eigenvalue weighted by atomic mass is 16.2. The van der Waals surface area contributed by atoms with Crippen LogP contribution in [0.2, 0.25) is 0 Å². The largest absolute Gasteiger partial charge is 0.367 e. The van der Waals surface area contributed by atoms with Gasteiger partial charge in [0, 0.05) is 39.6 Å². The molecule has 18 heavy (non-hydrogen) atoms. The number of hydrogen-bond donors (Lipinski definition) is 1. The van der Waals surface area contributed by atoms with Crippen LogP contribution in [0.5, 0.6) is 0 Å². The van der Waals surface area contributed by atoms with Gasteiger partial charge in [0.05, 0.1) is 17.6 Å². The van der Waals surface area contributed by atoms with Crippen molar-refractivity contribution in [3.63, 3.8) is 0 Å². The monoisotopic (exact) mass is 248 g/mol. The zero-order chi connectivity index (χ0) is 13.0. The maximum absolute atomic E-state index is 11.2. The second-order valence-electron chi connectivity index (χ2n) is 4.53. The molecule has 2 rings (SSSR count). The van der Waals surface area contributed by atoms with Crippen LogP contribution in [0.4, 0.5) is 5.69 Å². The molecule has 0 aliphatic carbocycles. The number of carbonyl (C=O) groups excluding carboxylic acids is 1. The van der Waals surface area contributed by atoms with E-state index in [0.29, 0.717) is 0 Å². The van der Waals surface area contributed by atoms with E-state index in [0.717, 1.165) is 44.1 Å². The molecule has 98 valence electrons. The highest BCUT2D eigenvalue weighted by Crippen LogP contribution is 2.15. The Morgan fingerprint density at radius 1 is 1.33 bits per heavy atom. The molecule has 5 heteroatoms. The molecule has 1 saturated heterocycles. The Morgan fingerprint density at radius 2 is 2.06 bits per heavy atom. The smallest absolute Gasteiger partial charge is 0.219 e. The van der Waals surface area contributed by atoms with Crippen molar-refractivity contribution >= 4 is 11.6 Å². The second kappa shape index (κ2) is 5.82. The van der Waals surface area contributed by atoms with E-state index in [1.165, 1.54) is 0 Å². The van der Waals surface area contributed by atoms with Crippen LogP contribution in [-0.2, 0) is 11.3 Å². The average Bonchev–Trinajstić information content (AvgIpc) is 2.40. The van der Waals surface area contributed by atoms with Crippen molar-refractivity contribution in [1.29, 1.82) is 0 Å². The maximum Gasteiger partial charge on any atom is 0.219 e. The number of anilines is 1. The van der Waals surface area contributed by atoms with Gasteiger partial charge in [-0.15, -0.1) is 0 Å². The summed E-state index contributed by atoms with van der Waals surface area (Å²) in [4.78, 5) is 19.8. The van der Waals surface area contributed by atoms with Crippen LogP contribution in [0.1, 0.15) is 12.6 Å². The third kappa shape index (κ3) is 2.98. The molecule has 1 aromatic rings. The number of hydrogen-bond acceptors (Lipinski definition) is 4. The SMILES string of the molecule is CNCc1ccc(N2CCN(C(C)=O)CC2)cn1. The topological polar surface area (TPSA) is 48.5 Å². The van der Waals surface area contributed by atoms with Gasteiger partial charge in [-0.1, -0.05) is 0 Å². The van der Waals surface area contributed by atoms with Crippen LogP contribution in [0, 0.1) is 0 Å². The molecule has 0 atom stereocenters. The molecule has 1 amide bonds. The molecule has 0 unspecified atom stereocenters. The minimum Gasteiger partial charge on any atom is -0.367 e. The number of nitrogens with zero attached hydrogens (tertiary/aromatic N) is 3. The van der Waals surface area contributed by atoms with Crippen LogP contribution < -0.4 is 10.2 Å². The van der Waals surface area contributed by atoms with Gasteiger partial charge in [-0.3, -0.25) is 9.78 Å². The van der Waals surface area contributed by atoms with E-state index in [1.807, 2.05) is 24.2 Å². The molecule has 1 aliphatic rings. The summed E-state index contributed by atoms with van der Waals surface area (Å²) in [6.07, 6.45) is 1.91. The summed E-state index contributed by atoms with van der Waals surface area (Å²) in [6, 6.07) is 4.15. The third-order valence-corrected chi connectivity index (χ3v) is 3.26. The van der Waals surface area contributed by atoms with Crippen molar-refractivity contribution in [2.24, 2.45) is 0 Å². The quantitative estimate of drug-likeness (QED) is 0.845. The molecule has 1 N–H and O–H groups in total. The predicted molar refractivity (Wildman–Crippen MR) is 71.5 cm³/mol. The van der Waals surface area contributed by atoms with Crippen molar-refractivity contribution in [2.75, 3.05) is 38.1 Å². The Bertz CT molecular complexity index is 396. The highest BCUT2D eigenvalue weighted by Gasteiger charge is 2.18. The van der Waals surface area contributed by atoms with Crippen molar-refractivity contribution in [3.05, 3.63) is 24.0 Å². The highest BCUT2D eigenvalue weighted by molar-refractivity contribution is 5.73. The summed E-state index contributed by atoms with van der Waals surface area (Å²) < 4.78 is 0. The molecule has 0 saturated carbocycles. The Hall–Kier alpha value is -1.62. The van der Waals surface area contributed by atoms with Gasteiger partial charge < -0.3 is 15.1 Å². The molecular weight excluding hydrogens is 228 g/mol. The first-order valence-electron chi connectivity index (χ1n) is 6.30. The van der Waals surface area contributed by atoms with Gasteiger partial charge in [0.2, 0.25) is 5.91 Å². The third-order valence-electron chi connectivity index (χ3n) is 3.26. The van der Waals surface area contributed by atoms with Gasteiger partial charge in [-0.05, 0) is 19.2 Å². The van der Waals surface area contributed by atoms with E-state index in [1.54, 1.807) is 6.92 Å². The molecule has 0 aromatic carbocycles. The first-order valence-corrected chi connectivity index (χ1v) is 6.30. The lowest BCUT2D eigenvalue weighted by Gasteiger charge is -2.35. The molecule has 1 fully saturated rings. The van der Waals surface area contributed by atoms with Crippen molar-refractivity contribution in [2.45, 2.75) is 13.5 Å². The predicted octanol–water partition coefficient (Wildman–Crippen LogP) is 0.469. The summed E-state index contributed by atoms with van der Waals surface area (Å²) in [7, 11) is 1.91. The summed E-state index contributed by atoms with van der Waals surface area (Å²) >= 11 is 0. The van der Waals surface area contributed by atoms with Gasteiger partial charge in [0.25, 0.3) is 0 Å². The van der Waals surface area contributed by atoms with Crippen LogP contribution in [0.25, 0.3) is 0 Å². The fraction of sp³-hybridized carbons (Fsp3) is 0.538. The lowest BCUT2D eigenvalue weighted by atomic mass is 10.2. The maximum atomic E-state index is 11.2. The van der Waals surface area contributed by atoms with E-state index in [2.05, 4.69) is 21.3 Å². The Kier molecular flexibility index (Phi) is 4.15. The number of piperazine rings is 1. The minimum absolute atomic E-state index is 0.164. The zero-order valence-electron chi connectivity index (χ0n) is 11.0. The van der Waals surface area contributed by atoms with Gasteiger partial charge in [-0.2, -0.15) is 0 Å². The van der Waals surface area contributed by atoms with Crippen LogP contribution in [0.3, 0.4) is 0 Å². The minimum atomic E-state index is 0.164. The molecule has 0 radical (unpaired) electrons. The molecule has 2 heterocycles. The summed E-state index contributed by atoms with van der Waals surface area (Å²) in [5, 5.41) is 3.08. The molecule has 1 aromatic heterocycles. The van der Waals surface area contributed by atoms with Gasteiger partial charge in [-0.25, -0.2) is 0 Å². The van der Waals surface area contributed by atoms with E-state index in [-0.39, 0.29) is 5.91 Å². The summed E-state index contributed by atoms with van der Waals surface area (Å²) in [5.74, 6) is 0.164. The normalized spacial score (nSPS) is 15.9. The van der Waals surface area contributed by atoms with Crippen LogP contribution in [-0.4, -0.2) is 49.0 Å². The zero-order valence-corrected chi connectivity index (χ0v) is 11.0. The van der Waals surface area contributed by atoms with Crippen molar-refractivity contribution < 1.29 is 4.79 Å². The van der Waals surface area contributed by atoms with Crippen LogP contribution >= 0.6 is 0 Å². The fourth-order valence-electron chi connectivity index (χ4n) is 2.17. The first kappa shape index (κ1) is 12.8. The van der Waals surface area contributed by atoms with Gasteiger partial charge >= 0.3 is 0 Å². The number of carbonyl (C=O) groups is 1. The average molecular weight is 248 g/mol. The number of nitrogens with one attached hydrogen (secondary N) is 1. The molecule has 0 spiro atoms. The van der Waals surface area contributed by atoms with E-state index in [4.69, 9.17) is 0 Å². The van der Waals surface area contributed by atoms with E-state index >= 15 is 0 Å². The molecule has 0 bridgehead atoms. The van der Waals surface area contributed by atoms with Crippen molar-refractivity contribution in [1.82, 2.24) is 15.2 Å². The number of aromatic nitrogens is 1. The summed E-state index contributed by atoms with van der Waals surface area (Å²) in [5.41, 5.74) is 2.18. The number of amides is 1. The standard InChI is InChI=1S/C13H20N4O/c1-11(18)16-5-7-17(8-6-16)13-4-3-12(9-14-2)15-10-13/h3-4,10,14H,5-9H2,1-2H3. The number of pyridine rings is 1. The van der Waals surface area contributed by atoms with Gasteiger partial charge in [0.15, 0.2) is 0 Å². The Labute approximate surface area is 108 Å². The fourth-order valence-corrected chi connectivity index (χ4v) is 2.17. The van der Waals surface area contributed by atoms with Crippen LogP contribution in [0.15, 0.2) is 18.3 Å². The lowest BCUT2D eigenvalue weighted by molar-refractivity contribution is -0.129. The van der Waals surface area contributed by atoms with Crippen molar-refractivity contribution in [3.8, 4) is 0 Å². The Morgan fingerprint density at radius 3 is 2.56 bits per heavy atom.